The van der Waals surface area contributed by atoms with E-state index in [9.17, 15) is 9.59 Å². The first-order valence-electron chi connectivity index (χ1n) is 11.4. The zero-order valence-electron chi connectivity index (χ0n) is 18.9. The molecule has 0 unspecified atom stereocenters. The topological polar surface area (TPSA) is 55.8 Å². The van der Waals surface area contributed by atoms with Crippen LogP contribution in [0.5, 0.6) is 5.75 Å². The maximum Gasteiger partial charge on any atom is 0.261 e. The van der Waals surface area contributed by atoms with Gasteiger partial charge in [0.1, 0.15) is 5.75 Å². The number of nitrogens with zero attached hydrogens (tertiary/aromatic N) is 1. The highest BCUT2D eigenvalue weighted by Gasteiger charge is 2.39. The monoisotopic (exact) mass is 501 g/mol. The Bertz CT molecular complexity index is 862. The van der Waals surface area contributed by atoms with Crippen LogP contribution in [0, 0.1) is 5.92 Å². The summed E-state index contributed by atoms with van der Waals surface area (Å²) in [7, 11) is 0. The Balaban J connectivity index is 1.36. The molecule has 2 aromatic carbocycles. The zero-order chi connectivity index (χ0) is 22.9. The Morgan fingerprint density at radius 2 is 1.44 bits per heavy atom. The lowest BCUT2D eigenvalue weighted by atomic mass is 10.0. The Labute approximate surface area is 199 Å². The fourth-order valence-corrected chi connectivity index (χ4v) is 4.20. The molecule has 1 atom stereocenters. The lowest BCUT2D eigenvalue weighted by Crippen LogP contribution is -2.43. The molecule has 1 heterocycles. The van der Waals surface area contributed by atoms with Gasteiger partial charge in [0.2, 0.25) is 0 Å². The number of rotatable bonds is 13. The summed E-state index contributed by atoms with van der Waals surface area (Å²) in [5.74, 6) is 0.843. The largest absolute Gasteiger partial charge is 0.494 e. The number of carbonyl (C=O) groups excluding carboxylic acids is 2. The van der Waals surface area contributed by atoms with Crippen LogP contribution in [0.2, 0.25) is 0 Å². The van der Waals surface area contributed by atoms with Gasteiger partial charge in [0, 0.05) is 11.1 Å². The zero-order valence-corrected chi connectivity index (χ0v) is 20.5. The van der Waals surface area contributed by atoms with Gasteiger partial charge in [-0.15, -0.1) is 0 Å². The number of hydrogen-bond acceptors (Lipinski definition) is 4. The maximum absolute atomic E-state index is 12.8. The summed E-state index contributed by atoms with van der Waals surface area (Å²) in [5.41, 5.74) is 0.994. The minimum absolute atomic E-state index is 0.203. The summed E-state index contributed by atoms with van der Waals surface area (Å²) in [4.78, 5) is 27.0. The van der Waals surface area contributed by atoms with E-state index in [1.54, 1.807) is 24.3 Å². The molecule has 1 aliphatic rings. The van der Waals surface area contributed by atoms with Gasteiger partial charge in [-0.25, -0.2) is 0 Å². The molecular formula is C26H32BrNO4. The second-order valence-corrected chi connectivity index (χ2v) is 9.52. The number of carbonyl (C=O) groups is 2. The lowest BCUT2D eigenvalue weighted by Gasteiger charge is -2.27. The standard InChI is InChI=1S/C26H32BrNO4/c1-19(2)17-21(28-25(29)23-9-5-6-10-24(23)26(28)30)18-31-15-7-3-4-8-16-32-22-13-11-20(27)12-14-22/h5-6,9-14,19,21H,3-4,7-8,15-18H2,1-2H3/t21-/m0/s1. The SMILES string of the molecule is CC(C)C[C@@H](COCCCCCCOc1ccc(Br)cc1)N1C(=O)c2ccccc2C1=O. The average Bonchev–Trinajstić information content (AvgIpc) is 3.03. The molecule has 32 heavy (non-hydrogen) atoms. The number of unbranched alkanes of at least 4 members (excludes halogenated alkanes) is 3. The molecule has 0 radical (unpaired) electrons. The molecule has 0 aromatic heterocycles. The molecule has 0 N–H and O–H groups in total. The number of fused-ring (bicyclic) bond motifs is 1. The molecule has 172 valence electrons. The Morgan fingerprint density at radius 1 is 0.844 bits per heavy atom. The average molecular weight is 502 g/mol. The van der Waals surface area contributed by atoms with Gasteiger partial charge < -0.3 is 9.47 Å². The molecule has 0 saturated carbocycles. The van der Waals surface area contributed by atoms with Gasteiger partial charge in [0.05, 0.1) is 30.4 Å². The Hall–Kier alpha value is -2.18. The molecule has 2 aromatic rings. The molecule has 2 amide bonds. The molecule has 0 spiro atoms. The van der Waals surface area contributed by atoms with E-state index in [0.717, 1.165) is 42.3 Å². The normalized spacial score (nSPS) is 14.2. The highest BCUT2D eigenvalue weighted by Crippen LogP contribution is 2.27. The van der Waals surface area contributed by atoms with Crippen molar-refractivity contribution in [3.63, 3.8) is 0 Å². The molecule has 0 bridgehead atoms. The van der Waals surface area contributed by atoms with Crippen LogP contribution >= 0.6 is 15.9 Å². The third-order valence-corrected chi connectivity index (χ3v) is 6.04. The van der Waals surface area contributed by atoms with Crippen LogP contribution < -0.4 is 4.74 Å². The van der Waals surface area contributed by atoms with E-state index in [2.05, 4.69) is 29.8 Å². The molecule has 3 rings (SSSR count). The van der Waals surface area contributed by atoms with Gasteiger partial charge >= 0.3 is 0 Å². The summed E-state index contributed by atoms with van der Waals surface area (Å²) in [5, 5.41) is 0. The van der Waals surface area contributed by atoms with Gasteiger partial charge in [-0.2, -0.15) is 0 Å². The van der Waals surface area contributed by atoms with E-state index in [1.165, 1.54) is 4.90 Å². The van der Waals surface area contributed by atoms with Gasteiger partial charge in [-0.05, 0) is 68.0 Å². The number of imide groups is 1. The number of hydrogen-bond donors (Lipinski definition) is 0. The molecule has 5 nitrogen and oxygen atoms in total. The summed E-state index contributed by atoms with van der Waals surface area (Å²) in [6, 6.07) is 14.7. The first kappa shape index (κ1) is 24.5. The molecule has 0 aliphatic carbocycles. The summed E-state index contributed by atoms with van der Waals surface area (Å²) in [6.45, 7) is 5.92. The van der Waals surface area contributed by atoms with Crippen molar-refractivity contribution >= 4 is 27.7 Å². The lowest BCUT2D eigenvalue weighted by molar-refractivity contribution is 0.0351. The second-order valence-electron chi connectivity index (χ2n) is 8.60. The van der Waals surface area contributed by atoms with Crippen molar-refractivity contribution in [2.45, 2.75) is 52.0 Å². The van der Waals surface area contributed by atoms with E-state index >= 15 is 0 Å². The van der Waals surface area contributed by atoms with Crippen molar-refractivity contribution < 1.29 is 19.1 Å². The van der Waals surface area contributed by atoms with Gasteiger partial charge in [-0.3, -0.25) is 14.5 Å². The summed E-state index contributed by atoms with van der Waals surface area (Å²) < 4.78 is 12.7. The maximum atomic E-state index is 12.8. The van der Waals surface area contributed by atoms with Crippen LogP contribution in [0.25, 0.3) is 0 Å². The third kappa shape index (κ3) is 6.66. The smallest absolute Gasteiger partial charge is 0.261 e. The number of amides is 2. The second kappa shape index (κ2) is 12.2. The number of benzene rings is 2. The minimum Gasteiger partial charge on any atom is -0.494 e. The summed E-state index contributed by atoms with van der Waals surface area (Å²) in [6.07, 6.45) is 4.83. The van der Waals surface area contributed by atoms with Crippen LogP contribution in [-0.4, -0.2) is 42.6 Å². The molecule has 0 fully saturated rings. The van der Waals surface area contributed by atoms with Crippen LogP contribution in [0.1, 0.15) is 66.7 Å². The van der Waals surface area contributed by atoms with Crippen LogP contribution in [0.15, 0.2) is 53.0 Å². The van der Waals surface area contributed by atoms with Crippen molar-refractivity contribution in [2.75, 3.05) is 19.8 Å². The predicted molar refractivity (Wildman–Crippen MR) is 129 cm³/mol. The van der Waals surface area contributed by atoms with Crippen molar-refractivity contribution in [3.05, 3.63) is 64.1 Å². The third-order valence-electron chi connectivity index (χ3n) is 5.51. The minimum atomic E-state index is -0.235. The molecular weight excluding hydrogens is 470 g/mol. The fraction of sp³-hybridized carbons (Fsp3) is 0.462. The van der Waals surface area contributed by atoms with Crippen molar-refractivity contribution in [1.82, 2.24) is 4.90 Å². The van der Waals surface area contributed by atoms with Crippen LogP contribution in [0.3, 0.4) is 0 Å². The molecule has 0 saturated heterocycles. The van der Waals surface area contributed by atoms with Gasteiger partial charge in [0.25, 0.3) is 11.8 Å². The molecule has 1 aliphatic heterocycles. The van der Waals surface area contributed by atoms with E-state index in [1.807, 2.05) is 24.3 Å². The van der Waals surface area contributed by atoms with Crippen LogP contribution in [-0.2, 0) is 4.74 Å². The fourth-order valence-electron chi connectivity index (χ4n) is 3.93. The number of halogens is 1. The van der Waals surface area contributed by atoms with E-state index in [0.29, 0.717) is 36.9 Å². The van der Waals surface area contributed by atoms with E-state index in [4.69, 9.17) is 9.47 Å². The quantitative estimate of drug-likeness (QED) is 0.245. The number of ether oxygens (including phenoxy) is 2. The predicted octanol–water partition coefficient (Wildman–Crippen LogP) is 6.12. The first-order valence-corrected chi connectivity index (χ1v) is 12.2. The van der Waals surface area contributed by atoms with E-state index in [-0.39, 0.29) is 17.9 Å². The Morgan fingerprint density at radius 3 is 2.03 bits per heavy atom. The molecule has 6 heteroatoms. The van der Waals surface area contributed by atoms with Crippen LogP contribution in [0.4, 0.5) is 0 Å². The van der Waals surface area contributed by atoms with Crippen molar-refractivity contribution in [2.24, 2.45) is 5.92 Å². The van der Waals surface area contributed by atoms with Gasteiger partial charge in [0.15, 0.2) is 0 Å². The first-order chi connectivity index (χ1) is 15.5. The van der Waals surface area contributed by atoms with Crippen molar-refractivity contribution in [3.8, 4) is 5.75 Å². The summed E-state index contributed by atoms with van der Waals surface area (Å²) >= 11 is 3.42. The van der Waals surface area contributed by atoms with E-state index < -0.39 is 0 Å². The highest BCUT2D eigenvalue weighted by molar-refractivity contribution is 9.10. The Kier molecular flexibility index (Phi) is 9.30. The highest BCUT2D eigenvalue weighted by atomic mass is 79.9. The van der Waals surface area contributed by atoms with Crippen molar-refractivity contribution in [1.29, 1.82) is 0 Å². The van der Waals surface area contributed by atoms with Gasteiger partial charge in [-0.1, -0.05) is 48.3 Å².